The predicted octanol–water partition coefficient (Wildman–Crippen LogP) is 4.66. The normalized spacial score (nSPS) is 11.5. The molecule has 0 fully saturated rings. The fraction of sp³-hybridized carbons (Fsp3) is 0.167. The number of aromatic nitrogens is 2. The highest BCUT2D eigenvalue weighted by atomic mass is 35.5. The largest absolute Gasteiger partial charge is 0.276 e. The molecule has 3 rings (SSSR count). The number of halogens is 2. The van der Waals surface area contributed by atoms with Crippen LogP contribution in [0.5, 0.6) is 0 Å². The summed E-state index contributed by atoms with van der Waals surface area (Å²) in [5, 5.41) is 5.14. The van der Waals surface area contributed by atoms with E-state index in [1.54, 1.807) is 42.1 Å². The summed E-state index contributed by atoms with van der Waals surface area (Å²) in [6, 6.07) is 10.6. The zero-order valence-corrected chi connectivity index (χ0v) is 16.5. The van der Waals surface area contributed by atoms with E-state index < -0.39 is 10.0 Å². The third-order valence-electron chi connectivity index (χ3n) is 3.85. The molecule has 1 N–H and O–H groups in total. The lowest BCUT2D eigenvalue weighted by molar-refractivity contribution is 0.600. The van der Waals surface area contributed by atoms with E-state index >= 15 is 0 Å². The standard InChI is InChI=1S/C18H17Cl2N3O2S/c1-12-3-4-13(2)18(7-12)26(24,25)22-15-9-21-23(11-15)10-14-5-6-16(19)17(20)8-14/h3-9,11,22H,10H2,1-2H3. The molecule has 0 bridgehead atoms. The number of sulfonamides is 1. The summed E-state index contributed by atoms with van der Waals surface area (Å²) in [5.41, 5.74) is 2.87. The van der Waals surface area contributed by atoms with Gasteiger partial charge in [0.2, 0.25) is 0 Å². The number of hydrogen-bond donors (Lipinski definition) is 1. The Morgan fingerprint density at radius 2 is 1.85 bits per heavy atom. The monoisotopic (exact) mass is 409 g/mol. The van der Waals surface area contributed by atoms with Crippen LogP contribution in [0.1, 0.15) is 16.7 Å². The highest BCUT2D eigenvalue weighted by Gasteiger charge is 2.18. The van der Waals surface area contributed by atoms with Gasteiger partial charge in [0.15, 0.2) is 0 Å². The van der Waals surface area contributed by atoms with Gasteiger partial charge in [0, 0.05) is 6.20 Å². The van der Waals surface area contributed by atoms with Crippen LogP contribution in [0.15, 0.2) is 53.7 Å². The van der Waals surface area contributed by atoms with Gasteiger partial charge in [-0.15, -0.1) is 0 Å². The summed E-state index contributed by atoms with van der Waals surface area (Å²) in [4.78, 5) is 0.259. The molecule has 0 amide bonds. The minimum atomic E-state index is -3.68. The highest BCUT2D eigenvalue weighted by Crippen LogP contribution is 2.24. The smallest absolute Gasteiger partial charge is 0.262 e. The second kappa shape index (κ2) is 7.31. The number of nitrogens with one attached hydrogen (secondary N) is 1. The van der Waals surface area contributed by atoms with Gasteiger partial charge in [0.25, 0.3) is 10.0 Å². The summed E-state index contributed by atoms with van der Waals surface area (Å²) < 4.78 is 29.5. The Hall–Kier alpha value is -2.02. The van der Waals surface area contributed by atoms with Crippen molar-refractivity contribution in [2.75, 3.05) is 4.72 Å². The van der Waals surface area contributed by atoms with E-state index in [4.69, 9.17) is 23.2 Å². The summed E-state index contributed by atoms with van der Waals surface area (Å²) in [6.45, 7) is 4.07. The molecule has 0 radical (unpaired) electrons. The van der Waals surface area contributed by atoms with Crippen LogP contribution < -0.4 is 4.72 Å². The molecule has 8 heteroatoms. The molecule has 5 nitrogen and oxygen atoms in total. The first-order chi connectivity index (χ1) is 12.2. The lowest BCUT2D eigenvalue weighted by Gasteiger charge is -2.09. The van der Waals surface area contributed by atoms with Crippen molar-refractivity contribution in [3.05, 3.63) is 75.5 Å². The fourth-order valence-electron chi connectivity index (χ4n) is 2.53. The Balaban J connectivity index is 1.79. The Bertz CT molecular complexity index is 1060. The zero-order valence-electron chi connectivity index (χ0n) is 14.2. The first-order valence-corrected chi connectivity index (χ1v) is 10.0. The molecule has 3 aromatic rings. The molecule has 2 aromatic carbocycles. The maximum Gasteiger partial charge on any atom is 0.262 e. The van der Waals surface area contributed by atoms with E-state index in [-0.39, 0.29) is 4.90 Å². The molecule has 1 heterocycles. The third-order valence-corrected chi connectivity index (χ3v) is 6.11. The molecule has 136 valence electrons. The van der Waals surface area contributed by atoms with E-state index in [1.165, 1.54) is 6.20 Å². The average Bonchev–Trinajstić information content (AvgIpc) is 2.99. The molecule has 0 aliphatic heterocycles. The Labute approximate surface area is 162 Å². The highest BCUT2D eigenvalue weighted by molar-refractivity contribution is 7.92. The van der Waals surface area contributed by atoms with Crippen LogP contribution in [0.25, 0.3) is 0 Å². The van der Waals surface area contributed by atoms with Gasteiger partial charge >= 0.3 is 0 Å². The molecule has 1 aromatic heterocycles. The molecular formula is C18H17Cl2N3O2S. The summed E-state index contributed by atoms with van der Waals surface area (Å²) in [5.74, 6) is 0. The van der Waals surface area contributed by atoms with Gasteiger partial charge in [-0.2, -0.15) is 5.10 Å². The van der Waals surface area contributed by atoms with Crippen molar-refractivity contribution in [2.24, 2.45) is 0 Å². The van der Waals surface area contributed by atoms with Gasteiger partial charge in [-0.3, -0.25) is 9.40 Å². The molecule has 0 aliphatic carbocycles. The van der Waals surface area contributed by atoms with E-state index in [1.807, 2.05) is 19.1 Å². The molecule has 0 saturated heterocycles. The van der Waals surface area contributed by atoms with Crippen LogP contribution in [-0.4, -0.2) is 18.2 Å². The predicted molar refractivity (Wildman–Crippen MR) is 105 cm³/mol. The molecule has 0 saturated carbocycles. The Kier molecular flexibility index (Phi) is 5.27. The van der Waals surface area contributed by atoms with Crippen molar-refractivity contribution < 1.29 is 8.42 Å². The van der Waals surface area contributed by atoms with Crippen LogP contribution in [0.2, 0.25) is 10.0 Å². The van der Waals surface area contributed by atoms with Crippen LogP contribution in [-0.2, 0) is 16.6 Å². The fourth-order valence-corrected chi connectivity index (χ4v) is 4.21. The number of rotatable bonds is 5. The first-order valence-electron chi connectivity index (χ1n) is 7.81. The molecular weight excluding hydrogens is 393 g/mol. The van der Waals surface area contributed by atoms with E-state index in [0.29, 0.717) is 27.8 Å². The van der Waals surface area contributed by atoms with Crippen molar-refractivity contribution in [1.82, 2.24) is 9.78 Å². The van der Waals surface area contributed by atoms with Crippen molar-refractivity contribution in [3.63, 3.8) is 0 Å². The number of anilines is 1. The van der Waals surface area contributed by atoms with Crippen molar-refractivity contribution in [1.29, 1.82) is 0 Å². The molecule has 0 atom stereocenters. The van der Waals surface area contributed by atoms with Crippen LogP contribution in [0.3, 0.4) is 0 Å². The van der Waals surface area contributed by atoms with Gasteiger partial charge in [-0.05, 0) is 48.7 Å². The first kappa shape index (κ1) is 18.8. The van der Waals surface area contributed by atoms with Gasteiger partial charge < -0.3 is 0 Å². The van der Waals surface area contributed by atoms with Gasteiger partial charge in [0.1, 0.15) is 0 Å². The maximum atomic E-state index is 12.6. The van der Waals surface area contributed by atoms with Crippen molar-refractivity contribution >= 4 is 38.9 Å². The summed E-state index contributed by atoms with van der Waals surface area (Å²) in [7, 11) is -3.68. The number of hydrogen-bond acceptors (Lipinski definition) is 3. The topological polar surface area (TPSA) is 64.0 Å². The number of benzene rings is 2. The average molecular weight is 410 g/mol. The van der Waals surface area contributed by atoms with Gasteiger partial charge in [-0.25, -0.2) is 8.42 Å². The quantitative estimate of drug-likeness (QED) is 0.666. The maximum absolute atomic E-state index is 12.6. The number of aryl methyl sites for hydroxylation is 2. The SMILES string of the molecule is Cc1ccc(C)c(S(=O)(=O)Nc2cnn(Cc3ccc(Cl)c(Cl)c3)c2)c1. The molecule has 0 aliphatic rings. The van der Waals surface area contributed by atoms with Crippen LogP contribution in [0.4, 0.5) is 5.69 Å². The van der Waals surface area contributed by atoms with E-state index in [2.05, 4.69) is 9.82 Å². The summed E-state index contributed by atoms with van der Waals surface area (Å²) >= 11 is 11.9. The van der Waals surface area contributed by atoms with Crippen molar-refractivity contribution in [3.8, 4) is 0 Å². The lowest BCUT2D eigenvalue weighted by Crippen LogP contribution is -2.14. The second-order valence-electron chi connectivity index (χ2n) is 6.05. The van der Waals surface area contributed by atoms with E-state index in [0.717, 1.165) is 11.1 Å². The minimum absolute atomic E-state index is 0.259. The van der Waals surface area contributed by atoms with Gasteiger partial charge in [-0.1, -0.05) is 41.4 Å². The lowest BCUT2D eigenvalue weighted by atomic mass is 10.2. The van der Waals surface area contributed by atoms with Gasteiger partial charge in [0.05, 0.1) is 33.4 Å². The third kappa shape index (κ3) is 4.20. The number of nitrogens with zero attached hydrogens (tertiary/aromatic N) is 2. The molecule has 26 heavy (non-hydrogen) atoms. The molecule has 0 spiro atoms. The molecule has 0 unspecified atom stereocenters. The van der Waals surface area contributed by atoms with Crippen LogP contribution in [0, 0.1) is 13.8 Å². The van der Waals surface area contributed by atoms with Crippen LogP contribution >= 0.6 is 23.2 Å². The Morgan fingerprint density at radius 3 is 2.58 bits per heavy atom. The zero-order chi connectivity index (χ0) is 18.9. The van der Waals surface area contributed by atoms with Crippen molar-refractivity contribution in [2.45, 2.75) is 25.3 Å². The minimum Gasteiger partial charge on any atom is -0.276 e. The second-order valence-corrected chi connectivity index (χ2v) is 8.51. The van der Waals surface area contributed by atoms with E-state index in [9.17, 15) is 8.42 Å². The summed E-state index contributed by atoms with van der Waals surface area (Å²) in [6.07, 6.45) is 3.10. The Morgan fingerprint density at radius 1 is 1.08 bits per heavy atom.